The number of nitrogens with zero attached hydrogens (tertiary/aromatic N) is 4. The molecule has 8 heteroatoms. The van der Waals surface area contributed by atoms with Crippen molar-refractivity contribution in [2.75, 3.05) is 5.32 Å². The van der Waals surface area contributed by atoms with Crippen LogP contribution in [0.2, 0.25) is 0 Å². The first-order chi connectivity index (χ1) is 15.3. The number of anilines is 1. The Morgan fingerprint density at radius 2 is 1.84 bits per heavy atom. The van der Waals surface area contributed by atoms with Gasteiger partial charge < -0.3 is 14.5 Å². The van der Waals surface area contributed by atoms with E-state index in [1.165, 1.54) is 11.0 Å². The van der Waals surface area contributed by atoms with Crippen LogP contribution in [-0.2, 0) is 6.61 Å². The second-order valence-corrected chi connectivity index (χ2v) is 6.77. The van der Waals surface area contributed by atoms with Gasteiger partial charge in [0.25, 0.3) is 5.91 Å². The number of hydrogen-bond acceptors (Lipinski definition) is 6. The fourth-order valence-corrected chi connectivity index (χ4v) is 3.29. The van der Waals surface area contributed by atoms with Crippen molar-refractivity contribution < 1.29 is 13.9 Å². The van der Waals surface area contributed by atoms with Crippen molar-refractivity contribution in [1.29, 1.82) is 0 Å². The van der Waals surface area contributed by atoms with Gasteiger partial charge in [-0.15, -0.1) is 5.10 Å². The maximum Gasteiger partial charge on any atom is 0.291 e. The summed E-state index contributed by atoms with van der Waals surface area (Å²) < 4.78 is 13.3. The van der Waals surface area contributed by atoms with Crippen molar-refractivity contribution in [3.63, 3.8) is 0 Å². The summed E-state index contributed by atoms with van der Waals surface area (Å²) in [6.45, 7) is 0.203. The summed E-state index contributed by atoms with van der Waals surface area (Å²) in [5.41, 5.74) is 2.63. The highest BCUT2D eigenvalue weighted by atomic mass is 16.5. The smallest absolute Gasteiger partial charge is 0.291 e. The van der Waals surface area contributed by atoms with Crippen LogP contribution in [0.15, 0.2) is 89.6 Å². The molecule has 1 N–H and O–H groups in total. The fraction of sp³-hybridized carbons (Fsp3) is 0.0435. The lowest BCUT2D eigenvalue weighted by Gasteiger charge is -2.08. The third-order valence-electron chi connectivity index (χ3n) is 4.75. The number of para-hydroxylation sites is 2. The SMILES string of the molecule is O=C(Nc1cccc(-n2cnnn2)c1)c1oc2ccccc2c1COc1ccccc1. The van der Waals surface area contributed by atoms with E-state index < -0.39 is 0 Å². The van der Waals surface area contributed by atoms with Crippen molar-refractivity contribution in [3.8, 4) is 11.4 Å². The first-order valence-electron chi connectivity index (χ1n) is 9.61. The number of nitrogens with one attached hydrogen (secondary N) is 1. The van der Waals surface area contributed by atoms with E-state index in [-0.39, 0.29) is 18.3 Å². The Balaban J connectivity index is 1.44. The molecule has 8 nitrogen and oxygen atoms in total. The van der Waals surface area contributed by atoms with Crippen LogP contribution in [0.3, 0.4) is 0 Å². The number of ether oxygens (including phenoxy) is 1. The van der Waals surface area contributed by atoms with E-state index in [2.05, 4.69) is 20.8 Å². The van der Waals surface area contributed by atoms with Gasteiger partial charge in [0, 0.05) is 16.6 Å². The molecule has 0 aliphatic carbocycles. The van der Waals surface area contributed by atoms with Gasteiger partial charge in [0.2, 0.25) is 0 Å². The van der Waals surface area contributed by atoms with Crippen molar-refractivity contribution in [2.45, 2.75) is 6.61 Å². The number of carbonyl (C=O) groups excluding carboxylic acids is 1. The fourth-order valence-electron chi connectivity index (χ4n) is 3.29. The van der Waals surface area contributed by atoms with Crippen LogP contribution >= 0.6 is 0 Å². The first kappa shape index (κ1) is 18.6. The van der Waals surface area contributed by atoms with Crippen molar-refractivity contribution in [3.05, 3.63) is 96.5 Å². The molecule has 0 fully saturated rings. The van der Waals surface area contributed by atoms with Crippen LogP contribution < -0.4 is 10.1 Å². The quantitative estimate of drug-likeness (QED) is 0.449. The van der Waals surface area contributed by atoms with Gasteiger partial charge >= 0.3 is 0 Å². The lowest BCUT2D eigenvalue weighted by Crippen LogP contribution is -2.14. The number of carbonyl (C=O) groups is 1. The Morgan fingerprint density at radius 1 is 1.00 bits per heavy atom. The summed E-state index contributed by atoms with van der Waals surface area (Å²) in [6, 6.07) is 24.2. The van der Waals surface area contributed by atoms with Crippen LogP contribution in [-0.4, -0.2) is 26.1 Å². The van der Waals surface area contributed by atoms with Crippen LogP contribution in [0, 0.1) is 0 Å². The number of tetrazole rings is 1. The van der Waals surface area contributed by atoms with Gasteiger partial charge in [-0.3, -0.25) is 4.79 Å². The highest BCUT2D eigenvalue weighted by molar-refractivity contribution is 6.06. The summed E-state index contributed by atoms with van der Waals surface area (Å²) in [6.07, 6.45) is 1.49. The highest BCUT2D eigenvalue weighted by Crippen LogP contribution is 2.28. The molecule has 2 aromatic heterocycles. The first-order valence-corrected chi connectivity index (χ1v) is 9.61. The molecule has 1 amide bonds. The molecule has 0 saturated heterocycles. The third-order valence-corrected chi connectivity index (χ3v) is 4.75. The molecule has 0 bridgehead atoms. The van der Waals surface area contributed by atoms with Gasteiger partial charge in [-0.25, -0.2) is 4.68 Å². The molecule has 0 unspecified atom stereocenters. The average Bonchev–Trinajstić information content (AvgIpc) is 3.47. The van der Waals surface area contributed by atoms with E-state index in [0.717, 1.165) is 11.1 Å². The van der Waals surface area contributed by atoms with Gasteiger partial charge in [-0.2, -0.15) is 0 Å². The van der Waals surface area contributed by atoms with Crippen LogP contribution in [0.4, 0.5) is 5.69 Å². The summed E-state index contributed by atoms with van der Waals surface area (Å²) in [5.74, 6) is 0.565. The van der Waals surface area contributed by atoms with E-state index in [0.29, 0.717) is 22.6 Å². The molecular formula is C23H17N5O3. The number of rotatable bonds is 6. The maximum absolute atomic E-state index is 13.1. The molecule has 0 spiro atoms. The molecule has 31 heavy (non-hydrogen) atoms. The number of furan rings is 1. The number of aromatic nitrogens is 4. The zero-order chi connectivity index (χ0) is 21.0. The molecule has 0 radical (unpaired) electrons. The normalized spacial score (nSPS) is 10.8. The summed E-state index contributed by atoms with van der Waals surface area (Å²) in [7, 11) is 0. The maximum atomic E-state index is 13.1. The number of fused-ring (bicyclic) bond motifs is 1. The average molecular weight is 411 g/mol. The number of hydrogen-bond donors (Lipinski definition) is 1. The lowest BCUT2D eigenvalue weighted by atomic mass is 10.1. The Bertz CT molecular complexity index is 1330. The Labute approximate surface area is 177 Å². The van der Waals surface area contributed by atoms with Crippen LogP contribution in [0.5, 0.6) is 5.75 Å². The minimum absolute atomic E-state index is 0.203. The molecular weight excluding hydrogens is 394 g/mol. The van der Waals surface area contributed by atoms with Gasteiger partial charge in [0.05, 0.1) is 5.69 Å². The van der Waals surface area contributed by atoms with Gasteiger partial charge in [-0.1, -0.05) is 42.5 Å². The molecule has 2 heterocycles. The summed E-state index contributed by atoms with van der Waals surface area (Å²) in [5, 5.41) is 14.9. The molecule has 0 aliphatic heterocycles. The third kappa shape index (κ3) is 3.86. The second-order valence-electron chi connectivity index (χ2n) is 6.77. The van der Waals surface area contributed by atoms with Crippen molar-refractivity contribution in [1.82, 2.24) is 20.2 Å². The Kier molecular flexibility index (Phi) is 4.86. The lowest BCUT2D eigenvalue weighted by molar-refractivity contribution is 0.0995. The van der Waals surface area contributed by atoms with Crippen molar-refractivity contribution in [2.24, 2.45) is 0 Å². The molecule has 0 saturated carbocycles. The molecule has 0 atom stereocenters. The zero-order valence-corrected chi connectivity index (χ0v) is 16.3. The molecule has 5 rings (SSSR count). The Morgan fingerprint density at radius 3 is 2.68 bits per heavy atom. The predicted octanol–water partition coefficient (Wildman–Crippen LogP) is 4.24. The summed E-state index contributed by atoms with van der Waals surface area (Å²) >= 11 is 0. The minimum Gasteiger partial charge on any atom is -0.489 e. The zero-order valence-electron chi connectivity index (χ0n) is 16.3. The number of benzene rings is 3. The molecule has 152 valence electrons. The van der Waals surface area contributed by atoms with Gasteiger partial charge in [0.1, 0.15) is 24.3 Å². The van der Waals surface area contributed by atoms with E-state index in [4.69, 9.17) is 9.15 Å². The van der Waals surface area contributed by atoms with Crippen molar-refractivity contribution >= 4 is 22.6 Å². The van der Waals surface area contributed by atoms with E-state index in [1.807, 2.05) is 66.7 Å². The topological polar surface area (TPSA) is 95.1 Å². The largest absolute Gasteiger partial charge is 0.489 e. The van der Waals surface area contributed by atoms with Gasteiger partial charge in [0.15, 0.2) is 5.76 Å². The van der Waals surface area contributed by atoms with E-state index in [1.54, 1.807) is 12.1 Å². The number of amides is 1. The van der Waals surface area contributed by atoms with Crippen LogP contribution in [0.1, 0.15) is 16.1 Å². The van der Waals surface area contributed by atoms with Crippen LogP contribution in [0.25, 0.3) is 16.7 Å². The molecule has 0 aliphatic rings. The molecule has 5 aromatic rings. The minimum atomic E-state index is -0.364. The highest BCUT2D eigenvalue weighted by Gasteiger charge is 2.21. The van der Waals surface area contributed by atoms with Gasteiger partial charge in [-0.05, 0) is 46.8 Å². The van der Waals surface area contributed by atoms with E-state index >= 15 is 0 Å². The van der Waals surface area contributed by atoms with E-state index in [9.17, 15) is 4.79 Å². The predicted molar refractivity (Wildman–Crippen MR) is 114 cm³/mol. The molecule has 3 aromatic carbocycles. The monoisotopic (exact) mass is 411 g/mol. The standard InChI is InChI=1S/C23H17N5O3/c29-23(25-16-7-6-8-17(13-16)28-15-24-26-27-28)22-20(14-30-18-9-2-1-3-10-18)19-11-4-5-12-21(19)31-22/h1-13,15H,14H2,(H,25,29). The second kappa shape index (κ2) is 8.11. The Hall–Kier alpha value is -4.46. The summed E-state index contributed by atoms with van der Waals surface area (Å²) in [4.78, 5) is 13.1.